The molecule has 0 spiro atoms. The number of aromatic nitrogens is 1. The number of halogens is 1. The minimum Gasteiger partial charge on any atom is -0.506 e. The minimum absolute atomic E-state index is 0.0779. The number of nitrogens with zero attached hydrogens (tertiary/aromatic N) is 2. The average Bonchev–Trinajstić information content (AvgIpc) is 2.99. The van der Waals surface area contributed by atoms with E-state index in [-0.39, 0.29) is 23.9 Å². The van der Waals surface area contributed by atoms with Gasteiger partial charge in [0.1, 0.15) is 18.0 Å². The van der Waals surface area contributed by atoms with Crippen LogP contribution in [0.3, 0.4) is 0 Å². The van der Waals surface area contributed by atoms with Gasteiger partial charge in [0.05, 0.1) is 5.52 Å². The summed E-state index contributed by atoms with van der Waals surface area (Å²) in [5, 5.41) is 12.4. The normalized spacial score (nSPS) is 14.2. The van der Waals surface area contributed by atoms with E-state index in [4.69, 9.17) is 0 Å². The molecule has 3 aromatic rings. The van der Waals surface area contributed by atoms with E-state index in [9.17, 15) is 14.3 Å². The lowest BCUT2D eigenvalue weighted by Crippen LogP contribution is -2.36. The summed E-state index contributed by atoms with van der Waals surface area (Å²) in [5.41, 5.74) is 6.81. The average molecular weight is 324 g/mol. The zero-order valence-corrected chi connectivity index (χ0v) is 12.5. The van der Waals surface area contributed by atoms with Crippen molar-refractivity contribution in [1.82, 2.24) is 15.9 Å². The summed E-state index contributed by atoms with van der Waals surface area (Å²) in [6, 6.07) is 12.3. The van der Waals surface area contributed by atoms with Crippen LogP contribution in [0.2, 0.25) is 0 Å². The summed E-state index contributed by atoms with van der Waals surface area (Å²) < 4.78 is 14.5. The van der Waals surface area contributed by atoms with Crippen molar-refractivity contribution in [2.75, 3.05) is 11.6 Å². The van der Waals surface area contributed by atoms with Crippen molar-refractivity contribution in [2.24, 2.45) is 0 Å². The highest BCUT2D eigenvalue weighted by atomic mass is 19.1. The van der Waals surface area contributed by atoms with Gasteiger partial charge in [-0.1, -0.05) is 18.2 Å². The molecule has 120 valence electrons. The number of hydrogen-bond donors (Lipinski definition) is 3. The van der Waals surface area contributed by atoms with Crippen molar-refractivity contribution < 1.29 is 14.3 Å². The quantitative estimate of drug-likeness (QED) is 0.673. The Morgan fingerprint density at radius 3 is 2.75 bits per heavy atom. The second kappa shape index (κ2) is 5.47. The minimum atomic E-state index is -0.637. The molecule has 2 heterocycles. The molecule has 0 bridgehead atoms. The Kier molecular flexibility index (Phi) is 3.28. The van der Waals surface area contributed by atoms with Crippen molar-refractivity contribution >= 4 is 22.5 Å². The van der Waals surface area contributed by atoms with Crippen LogP contribution in [-0.2, 0) is 4.79 Å². The molecular formula is C17H13FN4O2. The lowest BCUT2D eigenvalue weighted by atomic mass is 10.0. The topological polar surface area (TPSA) is 77.5 Å². The van der Waals surface area contributed by atoms with Gasteiger partial charge in [-0.25, -0.2) is 4.39 Å². The fourth-order valence-corrected chi connectivity index (χ4v) is 2.73. The van der Waals surface area contributed by atoms with E-state index in [0.717, 1.165) is 10.9 Å². The smallest absolute Gasteiger partial charge is 0.256 e. The third-order valence-electron chi connectivity index (χ3n) is 3.87. The van der Waals surface area contributed by atoms with Crippen LogP contribution in [0.25, 0.3) is 22.0 Å². The molecule has 4 rings (SSSR count). The molecule has 2 aromatic carbocycles. The van der Waals surface area contributed by atoms with Crippen molar-refractivity contribution in [1.29, 1.82) is 0 Å². The number of amides is 1. The first kappa shape index (κ1) is 14.4. The number of aromatic hydroxyl groups is 1. The Balaban J connectivity index is 1.77. The highest BCUT2D eigenvalue weighted by Crippen LogP contribution is 2.35. The van der Waals surface area contributed by atoms with Gasteiger partial charge in [-0.3, -0.25) is 20.2 Å². The first-order valence-corrected chi connectivity index (χ1v) is 7.31. The zero-order valence-electron chi connectivity index (χ0n) is 12.5. The Labute approximate surface area is 136 Å². The SMILES string of the molecule is O=C1CN(c2c(O)cc(-c3cnc4ccccc4c3)cc2F)NN1. The highest BCUT2D eigenvalue weighted by molar-refractivity contribution is 5.86. The number of phenols is 1. The molecule has 3 N–H and O–H groups in total. The molecule has 1 saturated heterocycles. The molecule has 0 saturated carbocycles. The molecule has 7 heteroatoms. The first-order valence-electron chi connectivity index (χ1n) is 7.31. The Morgan fingerprint density at radius 2 is 2.00 bits per heavy atom. The van der Waals surface area contributed by atoms with Gasteiger partial charge in [0.25, 0.3) is 5.91 Å². The summed E-state index contributed by atoms with van der Waals surface area (Å²) >= 11 is 0. The Hall–Kier alpha value is -3.19. The van der Waals surface area contributed by atoms with E-state index in [0.29, 0.717) is 11.1 Å². The third-order valence-corrected chi connectivity index (χ3v) is 3.87. The molecule has 0 aliphatic carbocycles. The van der Waals surface area contributed by atoms with Crippen molar-refractivity contribution in [2.45, 2.75) is 0 Å². The van der Waals surface area contributed by atoms with E-state index >= 15 is 0 Å². The number of fused-ring (bicyclic) bond motifs is 1. The second-order valence-corrected chi connectivity index (χ2v) is 5.49. The van der Waals surface area contributed by atoms with Gasteiger partial charge >= 0.3 is 0 Å². The van der Waals surface area contributed by atoms with E-state index in [1.54, 1.807) is 6.20 Å². The van der Waals surface area contributed by atoms with Crippen LogP contribution in [0.5, 0.6) is 5.75 Å². The monoisotopic (exact) mass is 324 g/mol. The van der Waals surface area contributed by atoms with Gasteiger partial charge in [-0.15, -0.1) is 5.53 Å². The van der Waals surface area contributed by atoms with E-state index in [1.165, 1.54) is 17.1 Å². The Bertz CT molecular complexity index is 937. The maximum absolute atomic E-state index is 14.5. The fraction of sp³-hybridized carbons (Fsp3) is 0.0588. The molecule has 6 nitrogen and oxygen atoms in total. The number of carbonyl (C=O) groups excluding carboxylic acids is 1. The highest BCUT2D eigenvalue weighted by Gasteiger charge is 2.25. The molecule has 1 amide bonds. The summed E-state index contributed by atoms with van der Waals surface area (Å²) in [7, 11) is 0. The van der Waals surface area contributed by atoms with Gasteiger partial charge < -0.3 is 5.11 Å². The third kappa shape index (κ3) is 2.40. The number of carbonyl (C=O) groups is 1. The van der Waals surface area contributed by atoms with Crippen LogP contribution in [0, 0.1) is 5.82 Å². The van der Waals surface area contributed by atoms with Crippen LogP contribution in [0.15, 0.2) is 48.7 Å². The molecule has 1 fully saturated rings. The zero-order chi connectivity index (χ0) is 16.7. The van der Waals surface area contributed by atoms with Gasteiger partial charge in [0.2, 0.25) is 0 Å². The number of phenolic OH excluding ortho intramolecular Hbond substituents is 1. The number of para-hydroxylation sites is 1. The maximum Gasteiger partial charge on any atom is 0.256 e. The van der Waals surface area contributed by atoms with Gasteiger partial charge in [0.15, 0.2) is 5.82 Å². The van der Waals surface area contributed by atoms with Gasteiger partial charge in [-0.2, -0.15) is 0 Å². The summed E-state index contributed by atoms with van der Waals surface area (Å²) in [6.45, 7) is -0.0820. The van der Waals surface area contributed by atoms with Crippen molar-refractivity contribution in [3.8, 4) is 16.9 Å². The van der Waals surface area contributed by atoms with Crippen LogP contribution in [-0.4, -0.2) is 22.5 Å². The summed E-state index contributed by atoms with van der Waals surface area (Å²) in [4.78, 5) is 15.6. The Morgan fingerprint density at radius 1 is 1.17 bits per heavy atom. The van der Waals surface area contributed by atoms with E-state index in [1.807, 2.05) is 30.3 Å². The molecular weight excluding hydrogens is 311 g/mol. The van der Waals surface area contributed by atoms with Crippen LogP contribution < -0.4 is 16.0 Å². The number of rotatable bonds is 2. The maximum atomic E-state index is 14.5. The first-order chi connectivity index (χ1) is 11.6. The van der Waals surface area contributed by atoms with Crippen LogP contribution >= 0.6 is 0 Å². The predicted octanol–water partition coefficient (Wildman–Crippen LogP) is 2.10. The molecule has 1 aliphatic heterocycles. The number of benzene rings is 2. The number of hydrogen-bond acceptors (Lipinski definition) is 5. The molecule has 1 aliphatic rings. The number of pyridine rings is 1. The summed E-state index contributed by atoms with van der Waals surface area (Å²) in [6.07, 6.45) is 1.63. The summed E-state index contributed by atoms with van der Waals surface area (Å²) in [5.74, 6) is -1.21. The lowest BCUT2D eigenvalue weighted by molar-refractivity contribution is -0.118. The van der Waals surface area contributed by atoms with Crippen molar-refractivity contribution in [3.63, 3.8) is 0 Å². The van der Waals surface area contributed by atoms with Crippen molar-refractivity contribution in [3.05, 3.63) is 54.5 Å². The standard InChI is InChI=1S/C17H13FN4O2/c18-13-6-11(7-15(23)17(13)22-9-16(24)20-21-22)12-5-10-3-1-2-4-14(10)19-8-12/h1-8,21,23H,9H2,(H,20,24). The molecule has 0 radical (unpaired) electrons. The fourth-order valence-electron chi connectivity index (χ4n) is 2.73. The van der Waals surface area contributed by atoms with Gasteiger partial charge in [0, 0.05) is 17.1 Å². The van der Waals surface area contributed by atoms with E-state index < -0.39 is 5.82 Å². The molecule has 0 unspecified atom stereocenters. The molecule has 24 heavy (non-hydrogen) atoms. The number of anilines is 1. The van der Waals surface area contributed by atoms with Crippen LogP contribution in [0.4, 0.5) is 10.1 Å². The van der Waals surface area contributed by atoms with E-state index in [2.05, 4.69) is 15.9 Å². The largest absolute Gasteiger partial charge is 0.506 e. The lowest BCUT2D eigenvalue weighted by Gasteiger charge is -2.18. The van der Waals surface area contributed by atoms with Crippen LogP contribution in [0.1, 0.15) is 0 Å². The molecule has 0 atom stereocenters. The van der Waals surface area contributed by atoms with Gasteiger partial charge in [-0.05, 0) is 29.8 Å². The number of hydrazine groups is 2. The molecule has 1 aromatic heterocycles. The predicted molar refractivity (Wildman–Crippen MR) is 87.4 cm³/mol. The number of nitrogens with one attached hydrogen (secondary N) is 2. The second-order valence-electron chi connectivity index (χ2n) is 5.49.